The summed E-state index contributed by atoms with van der Waals surface area (Å²) in [6.07, 6.45) is 0. The molecule has 0 heterocycles. The summed E-state index contributed by atoms with van der Waals surface area (Å²) in [5, 5.41) is 3.92. The Morgan fingerprint density at radius 1 is 1.29 bits per heavy atom. The summed E-state index contributed by atoms with van der Waals surface area (Å²) in [5.41, 5.74) is 2.35. The molecule has 0 bridgehead atoms. The van der Waals surface area contributed by atoms with Crippen LogP contribution in [0.5, 0.6) is 0 Å². The smallest absolute Gasteiger partial charge is 0.340 e. The fraction of sp³-hybridized carbons (Fsp3) is 0.188. The highest BCUT2D eigenvalue weighted by atomic mass is 79.9. The number of carbonyl (C=O) groups is 1. The van der Waals surface area contributed by atoms with Gasteiger partial charge in [-0.25, -0.2) is 4.79 Å². The van der Waals surface area contributed by atoms with Crippen molar-refractivity contribution < 1.29 is 9.53 Å². The van der Waals surface area contributed by atoms with Crippen LogP contribution in [0, 0.1) is 0 Å². The topological polar surface area (TPSA) is 38.3 Å². The summed E-state index contributed by atoms with van der Waals surface area (Å²) in [7, 11) is 0. The Balaban J connectivity index is 2.12. The molecular formula is C16H15BrClNO2. The van der Waals surface area contributed by atoms with E-state index < -0.39 is 0 Å². The normalized spacial score (nSPS) is 10.2. The zero-order valence-electron chi connectivity index (χ0n) is 11.5. The van der Waals surface area contributed by atoms with Crippen molar-refractivity contribution in [1.29, 1.82) is 0 Å². The average molecular weight is 369 g/mol. The highest BCUT2D eigenvalue weighted by Gasteiger charge is 2.11. The monoisotopic (exact) mass is 367 g/mol. The first-order valence-electron chi connectivity index (χ1n) is 6.55. The second-order valence-electron chi connectivity index (χ2n) is 4.37. The van der Waals surface area contributed by atoms with Gasteiger partial charge >= 0.3 is 5.97 Å². The molecule has 0 aliphatic heterocycles. The maximum Gasteiger partial charge on any atom is 0.340 e. The van der Waals surface area contributed by atoms with Crippen LogP contribution in [0.1, 0.15) is 22.8 Å². The molecule has 0 saturated heterocycles. The Morgan fingerprint density at radius 2 is 2.05 bits per heavy atom. The van der Waals surface area contributed by atoms with Crippen LogP contribution in [-0.2, 0) is 11.3 Å². The van der Waals surface area contributed by atoms with Gasteiger partial charge in [0.25, 0.3) is 0 Å². The predicted octanol–water partition coefficient (Wildman–Crippen LogP) is 4.89. The van der Waals surface area contributed by atoms with Gasteiger partial charge in [0.1, 0.15) is 0 Å². The number of rotatable bonds is 5. The van der Waals surface area contributed by atoms with Crippen molar-refractivity contribution in [3.63, 3.8) is 0 Å². The maximum absolute atomic E-state index is 11.9. The Bertz CT molecular complexity index is 646. The van der Waals surface area contributed by atoms with Gasteiger partial charge in [-0.05, 0) is 52.7 Å². The van der Waals surface area contributed by atoms with Gasteiger partial charge in [0, 0.05) is 16.7 Å². The molecule has 0 saturated carbocycles. The van der Waals surface area contributed by atoms with Crippen LogP contribution in [-0.4, -0.2) is 12.6 Å². The van der Waals surface area contributed by atoms with Gasteiger partial charge in [0.2, 0.25) is 0 Å². The molecule has 0 atom stereocenters. The van der Waals surface area contributed by atoms with Gasteiger partial charge in [-0.2, -0.15) is 0 Å². The number of esters is 1. The fourth-order valence-corrected chi connectivity index (χ4v) is 2.41. The highest BCUT2D eigenvalue weighted by molar-refractivity contribution is 9.10. The molecule has 0 radical (unpaired) electrons. The molecule has 3 nitrogen and oxygen atoms in total. The molecule has 2 rings (SSSR count). The maximum atomic E-state index is 11.9. The molecule has 2 aromatic rings. The average Bonchev–Trinajstić information content (AvgIpc) is 2.49. The van der Waals surface area contributed by atoms with E-state index in [1.165, 1.54) is 0 Å². The first-order chi connectivity index (χ1) is 10.1. The predicted molar refractivity (Wildman–Crippen MR) is 88.9 cm³/mol. The van der Waals surface area contributed by atoms with Crippen LogP contribution < -0.4 is 5.32 Å². The van der Waals surface area contributed by atoms with E-state index in [0.29, 0.717) is 23.7 Å². The number of hydrogen-bond acceptors (Lipinski definition) is 3. The van der Waals surface area contributed by atoms with Crippen molar-refractivity contribution in [2.24, 2.45) is 0 Å². The molecule has 1 N–H and O–H groups in total. The van der Waals surface area contributed by atoms with Crippen molar-refractivity contribution in [3.05, 3.63) is 63.1 Å². The summed E-state index contributed by atoms with van der Waals surface area (Å²) >= 11 is 9.37. The Morgan fingerprint density at radius 3 is 2.76 bits per heavy atom. The largest absolute Gasteiger partial charge is 0.462 e. The third-order valence-corrected chi connectivity index (χ3v) is 4.10. The number of anilines is 1. The van der Waals surface area contributed by atoms with Gasteiger partial charge in [-0.3, -0.25) is 0 Å². The van der Waals surface area contributed by atoms with Gasteiger partial charge < -0.3 is 10.1 Å². The van der Waals surface area contributed by atoms with E-state index in [-0.39, 0.29) is 5.97 Å². The molecule has 0 unspecified atom stereocenters. The number of nitrogens with one attached hydrogen (secondary N) is 1. The van der Waals surface area contributed by atoms with Crippen LogP contribution in [0.2, 0.25) is 5.02 Å². The Kier molecular flexibility index (Phi) is 5.65. The zero-order valence-corrected chi connectivity index (χ0v) is 13.9. The third kappa shape index (κ3) is 4.22. The van der Waals surface area contributed by atoms with Crippen molar-refractivity contribution in [1.82, 2.24) is 0 Å². The second kappa shape index (κ2) is 7.48. The first-order valence-corrected chi connectivity index (χ1v) is 7.73. The van der Waals surface area contributed by atoms with Crippen LogP contribution in [0.3, 0.4) is 0 Å². The van der Waals surface area contributed by atoms with Crippen molar-refractivity contribution >= 4 is 39.2 Å². The number of carbonyl (C=O) groups excluding carboxylic acids is 1. The molecule has 0 spiro atoms. The standard InChI is InChI=1S/C16H15BrClNO2/c1-2-21-16(20)12-5-3-4-6-15(12)19-10-11-7-8-14(18)13(17)9-11/h3-9,19H,2,10H2,1H3. The second-order valence-corrected chi connectivity index (χ2v) is 5.63. The first kappa shape index (κ1) is 15.9. The molecular weight excluding hydrogens is 354 g/mol. The summed E-state index contributed by atoms with van der Waals surface area (Å²) in [6.45, 7) is 2.74. The minimum Gasteiger partial charge on any atom is -0.462 e. The van der Waals surface area contributed by atoms with Crippen molar-refractivity contribution in [2.75, 3.05) is 11.9 Å². The molecule has 0 aliphatic carbocycles. The lowest BCUT2D eigenvalue weighted by atomic mass is 10.1. The summed E-state index contributed by atoms with van der Waals surface area (Å²) in [6, 6.07) is 13.0. The molecule has 0 aliphatic rings. The third-order valence-electron chi connectivity index (χ3n) is 2.89. The van der Waals surface area contributed by atoms with E-state index in [0.717, 1.165) is 15.7 Å². The van der Waals surface area contributed by atoms with E-state index in [4.69, 9.17) is 16.3 Å². The minimum atomic E-state index is -0.321. The summed E-state index contributed by atoms with van der Waals surface area (Å²) < 4.78 is 5.90. The van der Waals surface area contributed by atoms with Crippen LogP contribution in [0.15, 0.2) is 46.9 Å². The molecule has 110 valence electrons. The van der Waals surface area contributed by atoms with Crippen LogP contribution in [0.4, 0.5) is 5.69 Å². The van der Waals surface area contributed by atoms with Gasteiger partial charge in [-0.1, -0.05) is 29.8 Å². The SMILES string of the molecule is CCOC(=O)c1ccccc1NCc1ccc(Cl)c(Br)c1. The lowest BCUT2D eigenvalue weighted by Crippen LogP contribution is -2.09. The lowest BCUT2D eigenvalue weighted by molar-refractivity contribution is 0.0527. The van der Waals surface area contributed by atoms with Gasteiger partial charge in [0.05, 0.1) is 17.2 Å². The van der Waals surface area contributed by atoms with Crippen LogP contribution in [0.25, 0.3) is 0 Å². The highest BCUT2D eigenvalue weighted by Crippen LogP contribution is 2.24. The van der Waals surface area contributed by atoms with E-state index in [1.54, 1.807) is 13.0 Å². The van der Waals surface area contributed by atoms with Crippen LogP contribution >= 0.6 is 27.5 Å². The van der Waals surface area contributed by atoms with E-state index in [9.17, 15) is 4.79 Å². The Labute approximate surface area is 137 Å². The molecule has 5 heteroatoms. The summed E-state index contributed by atoms with van der Waals surface area (Å²) in [5.74, 6) is -0.321. The molecule has 0 amide bonds. The number of halogens is 2. The lowest BCUT2D eigenvalue weighted by Gasteiger charge is -2.11. The number of para-hydroxylation sites is 1. The van der Waals surface area contributed by atoms with E-state index >= 15 is 0 Å². The molecule has 0 fully saturated rings. The number of ether oxygens (including phenoxy) is 1. The number of hydrogen-bond donors (Lipinski definition) is 1. The van der Waals surface area contributed by atoms with E-state index in [2.05, 4.69) is 21.2 Å². The van der Waals surface area contributed by atoms with Crippen molar-refractivity contribution in [2.45, 2.75) is 13.5 Å². The summed E-state index contributed by atoms with van der Waals surface area (Å²) in [4.78, 5) is 11.9. The molecule has 0 aromatic heterocycles. The fourth-order valence-electron chi connectivity index (χ4n) is 1.87. The minimum absolute atomic E-state index is 0.321. The van der Waals surface area contributed by atoms with Gasteiger partial charge in [0.15, 0.2) is 0 Å². The quantitative estimate of drug-likeness (QED) is 0.764. The molecule has 2 aromatic carbocycles. The molecule has 21 heavy (non-hydrogen) atoms. The van der Waals surface area contributed by atoms with Gasteiger partial charge in [-0.15, -0.1) is 0 Å². The zero-order chi connectivity index (χ0) is 15.2. The van der Waals surface area contributed by atoms with Crippen molar-refractivity contribution in [3.8, 4) is 0 Å². The Hall–Kier alpha value is -1.52. The van der Waals surface area contributed by atoms with E-state index in [1.807, 2.05) is 36.4 Å². The number of benzene rings is 2.